The zero-order valence-electron chi connectivity index (χ0n) is 27.3. The van der Waals surface area contributed by atoms with Crippen molar-refractivity contribution < 1.29 is 63.3 Å². The van der Waals surface area contributed by atoms with Gasteiger partial charge in [0.2, 0.25) is 41.4 Å². The molecule has 0 aliphatic carbocycles. The van der Waals surface area contributed by atoms with Crippen LogP contribution in [0.4, 0.5) is 0 Å². The Morgan fingerprint density at radius 1 is 0.588 bits per heavy atom. The molecule has 51 heavy (non-hydrogen) atoms. The Hall–Kier alpha value is -6.12. The number of carbonyl (C=O) groups excluding carboxylic acids is 7. The Morgan fingerprint density at radius 2 is 1.12 bits per heavy atom. The van der Waals surface area contributed by atoms with Crippen LogP contribution in [0.2, 0.25) is 0 Å². The molecule has 0 saturated carbocycles. The van der Waals surface area contributed by atoms with Gasteiger partial charge in [-0.3, -0.25) is 43.2 Å². The Morgan fingerprint density at radius 3 is 1.67 bits per heavy atom. The van der Waals surface area contributed by atoms with E-state index in [0.29, 0.717) is 5.56 Å². The molecule has 0 fully saturated rings. The lowest BCUT2D eigenvalue weighted by Crippen LogP contribution is -2.57. The second kappa shape index (κ2) is 21.8. The normalized spacial score (nSPS) is 13.5. The average Bonchev–Trinajstić information content (AvgIpc) is 3.05. The van der Waals surface area contributed by atoms with E-state index in [1.165, 1.54) is 0 Å². The lowest BCUT2D eigenvalue weighted by Gasteiger charge is -2.24. The van der Waals surface area contributed by atoms with Crippen LogP contribution in [0.3, 0.4) is 0 Å². The van der Waals surface area contributed by atoms with Crippen molar-refractivity contribution in [1.29, 1.82) is 0 Å². The maximum Gasteiger partial charge on any atom is 0.326 e. The van der Waals surface area contributed by atoms with Gasteiger partial charge in [-0.25, -0.2) is 4.79 Å². The number of nitrogens with two attached hydrogens (primary N) is 3. The molecule has 0 aliphatic rings. The number of carbonyl (C=O) groups is 10. The first kappa shape index (κ1) is 42.9. The van der Waals surface area contributed by atoms with Gasteiger partial charge in [0.1, 0.15) is 24.2 Å². The van der Waals surface area contributed by atoms with Crippen LogP contribution in [0.15, 0.2) is 30.3 Å². The molecule has 0 spiro atoms. The molecule has 0 aliphatic heterocycles. The summed E-state index contributed by atoms with van der Waals surface area (Å²) in [5.41, 5.74) is 16.4. The van der Waals surface area contributed by atoms with E-state index in [9.17, 15) is 53.1 Å². The predicted molar refractivity (Wildman–Crippen MR) is 172 cm³/mol. The van der Waals surface area contributed by atoms with Crippen LogP contribution in [0.25, 0.3) is 0 Å². The van der Waals surface area contributed by atoms with E-state index >= 15 is 0 Å². The molecule has 280 valence electrons. The van der Waals surface area contributed by atoms with E-state index in [2.05, 4.69) is 26.6 Å². The van der Waals surface area contributed by atoms with Crippen LogP contribution < -0.4 is 43.8 Å². The summed E-state index contributed by atoms with van der Waals surface area (Å²) >= 11 is 0. The highest BCUT2D eigenvalue weighted by Gasteiger charge is 2.31. The first-order valence-corrected chi connectivity index (χ1v) is 15.4. The number of carboxylic acid groups (broad SMARTS) is 3. The first-order valence-electron chi connectivity index (χ1n) is 15.4. The quantitative estimate of drug-likeness (QED) is 0.0480. The number of rotatable bonds is 24. The van der Waals surface area contributed by atoms with Crippen molar-refractivity contribution in [3.8, 4) is 0 Å². The third kappa shape index (κ3) is 17.7. The van der Waals surface area contributed by atoms with E-state index in [1.54, 1.807) is 30.3 Å². The highest BCUT2D eigenvalue weighted by Crippen LogP contribution is 2.07. The molecule has 0 saturated heterocycles. The molecule has 0 bridgehead atoms. The Balaban J connectivity index is 3.11. The van der Waals surface area contributed by atoms with Crippen molar-refractivity contribution in [3.63, 3.8) is 0 Å². The zero-order valence-corrected chi connectivity index (χ0v) is 27.3. The molecule has 1 rings (SSSR count). The molecule has 0 unspecified atom stereocenters. The fourth-order valence-corrected chi connectivity index (χ4v) is 4.32. The Labute approximate surface area is 290 Å². The number of amides is 7. The third-order valence-electron chi connectivity index (χ3n) is 6.98. The number of aliphatic carboxylic acids is 3. The summed E-state index contributed by atoms with van der Waals surface area (Å²) in [6.07, 6.45) is -3.49. The van der Waals surface area contributed by atoms with Gasteiger partial charge in [0.05, 0.1) is 19.0 Å². The average molecular weight is 723 g/mol. The second-order valence-electron chi connectivity index (χ2n) is 11.2. The summed E-state index contributed by atoms with van der Waals surface area (Å²) in [4.78, 5) is 121. The third-order valence-corrected chi connectivity index (χ3v) is 6.98. The SMILES string of the molecule is NC(=O)CC[C@H](NC(=O)[C@H](CC(N)=O)NC(=O)CNC(=O)[C@H](Cc1ccccc1)NC(=O)[C@H](CCC(=O)O)NC(=O)[C@@H](N)CCC(=O)O)C(=O)O. The van der Waals surface area contributed by atoms with Crippen LogP contribution in [-0.4, -0.2) is 111 Å². The summed E-state index contributed by atoms with van der Waals surface area (Å²) in [6, 6.07) is 0.591. The zero-order chi connectivity index (χ0) is 38.7. The minimum atomic E-state index is -1.69. The van der Waals surface area contributed by atoms with Crippen LogP contribution in [0, 0.1) is 0 Å². The molecule has 0 heterocycles. The molecule has 5 atom stereocenters. The van der Waals surface area contributed by atoms with Crippen molar-refractivity contribution in [2.24, 2.45) is 17.2 Å². The van der Waals surface area contributed by atoms with E-state index < -0.39 is 135 Å². The van der Waals surface area contributed by atoms with Crippen LogP contribution in [0.1, 0.15) is 50.5 Å². The smallest absolute Gasteiger partial charge is 0.326 e. The maximum absolute atomic E-state index is 13.3. The number of benzene rings is 1. The van der Waals surface area contributed by atoms with Gasteiger partial charge in [-0.15, -0.1) is 0 Å². The lowest BCUT2D eigenvalue weighted by atomic mass is 10.0. The van der Waals surface area contributed by atoms with Crippen molar-refractivity contribution in [2.45, 2.75) is 81.6 Å². The maximum atomic E-state index is 13.3. The summed E-state index contributed by atoms with van der Waals surface area (Å²) in [7, 11) is 0. The molecule has 21 nitrogen and oxygen atoms in total. The topological polar surface area (TPSA) is 370 Å². The van der Waals surface area contributed by atoms with E-state index in [1.807, 2.05) is 0 Å². The molecule has 14 N–H and O–H groups in total. The van der Waals surface area contributed by atoms with E-state index in [4.69, 9.17) is 27.4 Å². The number of hydrogen-bond acceptors (Lipinski definition) is 11. The summed E-state index contributed by atoms with van der Waals surface area (Å²) in [5.74, 6) is -11.0. The summed E-state index contributed by atoms with van der Waals surface area (Å²) in [6.45, 7) is -0.829. The lowest BCUT2D eigenvalue weighted by molar-refractivity contribution is -0.143. The predicted octanol–water partition coefficient (Wildman–Crippen LogP) is -4.43. The molecule has 0 aromatic heterocycles. The van der Waals surface area contributed by atoms with Crippen LogP contribution in [0.5, 0.6) is 0 Å². The molecule has 21 heteroatoms. The van der Waals surface area contributed by atoms with Crippen LogP contribution >= 0.6 is 0 Å². The van der Waals surface area contributed by atoms with Crippen molar-refractivity contribution >= 4 is 59.3 Å². The highest BCUT2D eigenvalue weighted by atomic mass is 16.4. The Kier molecular flexibility index (Phi) is 18.3. The highest BCUT2D eigenvalue weighted by molar-refractivity contribution is 5.96. The largest absolute Gasteiger partial charge is 0.481 e. The van der Waals surface area contributed by atoms with Gasteiger partial charge in [-0.05, 0) is 24.8 Å². The summed E-state index contributed by atoms with van der Waals surface area (Å²) < 4.78 is 0. The monoisotopic (exact) mass is 722 g/mol. The minimum Gasteiger partial charge on any atom is -0.481 e. The van der Waals surface area contributed by atoms with Gasteiger partial charge in [0.25, 0.3) is 0 Å². The first-order chi connectivity index (χ1) is 23.9. The standard InChI is InChI=1S/C30H42N8O13/c31-16(6-10-24(42)43)26(46)36-17(8-11-25(44)45)28(48)38-19(12-15-4-2-1-3-5-15)27(47)34-14-23(41)35-20(13-22(33)40)29(49)37-18(30(50)51)7-9-21(32)39/h1-5,16-20H,6-14,31H2,(H2,32,39)(H2,33,40)(H,34,47)(H,35,41)(H,36,46)(H,37,49)(H,38,48)(H,42,43)(H,44,45)(H,50,51)/t16-,17-,18-,19-,20-/m0/s1. The van der Waals surface area contributed by atoms with Gasteiger partial charge < -0.3 is 59.1 Å². The fraction of sp³-hybridized carbons (Fsp3) is 0.467. The summed E-state index contributed by atoms with van der Waals surface area (Å²) in [5, 5.41) is 38.5. The van der Waals surface area contributed by atoms with Crippen molar-refractivity contribution in [1.82, 2.24) is 26.6 Å². The molecule has 7 amide bonds. The molecular weight excluding hydrogens is 680 g/mol. The number of carboxylic acids is 3. The number of primary amides is 2. The van der Waals surface area contributed by atoms with E-state index in [-0.39, 0.29) is 12.8 Å². The number of hydrogen-bond donors (Lipinski definition) is 11. The molecule has 1 aromatic carbocycles. The van der Waals surface area contributed by atoms with E-state index in [0.717, 1.165) is 0 Å². The van der Waals surface area contributed by atoms with Gasteiger partial charge in [-0.2, -0.15) is 0 Å². The van der Waals surface area contributed by atoms with Crippen LogP contribution in [-0.2, 0) is 54.4 Å². The molecule has 1 aromatic rings. The van der Waals surface area contributed by atoms with Crippen molar-refractivity contribution in [2.75, 3.05) is 6.54 Å². The van der Waals surface area contributed by atoms with Gasteiger partial charge in [0, 0.05) is 25.7 Å². The van der Waals surface area contributed by atoms with Gasteiger partial charge >= 0.3 is 17.9 Å². The minimum absolute atomic E-state index is 0.160. The Bertz CT molecular complexity index is 1460. The second-order valence-corrected chi connectivity index (χ2v) is 11.2. The molecular formula is C30H42N8O13. The fourth-order valence-electron chi connectivity index (χ4n) is 4.32. The van der Waals surface area contributed by atoms with Crippen molar-refractivity contribution in [3.05, 3.63) is 35.9 Å². The molecule has 0 radical (unpaired) electrons. The number of nitrogens with one attached hydrogen (secondary N) is 5. The van der Waals surface area contributed by atoms with Gasteiger partial charge in [-0.1, -0.05) is 30.3 Å². The van der Waals surface area contributed by atoms with Gasteiger partial charge in [0.15, 0.2) is 0 Å².